The molecule has 1 rings (SSSR count). The minimum Gasteiger partial charge on any atom is -0.456 e. The van der Waals surface area contributed by atoms with Crippen molar-refractivity contribution >= 4 is 5.97 Å². The molecule has 0 aromatic heterocycles. The summed E-state index contributed by atoms with van der Waals surface area (Å²) in [7, 11) is 1.64. The molecule has 1 unspecified atom stereocenters. The van der Waals surface area contributed by atoms with Crippen molar-refractivity contribution in [2.75, 3.05) is 13.7 Å². The van der Waals surface area contributed by atoms with E-state index in [1.165, 1.54) is 19.3 Å². The molecule has 1 aromatic carbocycles. The molecule has 0 heterocycles. The number of hydrogen-bond acceptors (Lipinski definition) is 3. The molecule has 3 heteroatoms. The average Bonchev–Trinajstić information content (AvgIpc) is 2.44. The molecule has 3 nitrogen and oxygen atoms in total. The van der Waals surface area contributed by atoms with Crippen molar-refractivity contribution in [2.24, 2.45) is 0 Å². The highest BCUT2D eigenvalue weighted by Gasteiger charge is 2.16. The summed E-state index contributed by atoms with van der Waals surface area (Å²) in [5.74, 6) is -0.249. The SMILES string of the molecule is CCCCCCC(COC)OC(=O)c1ccccc1C. The summed E-state index contributed by atoms with van der Waals surface area (Å²) in [6, 6.07) is 7.50. The molecular formula is C17H26O3. The maximum Gasteiger partial charge on any atom is 0.338 e. The number of aryl methyl sites for hydroxylation is 1. The fourth-order valence-electron chi connectivity index (χ4n) is 2.18. The zero-order valence-corrected chi connectivity index (χ0v) is 12.9. The standard InChI is InChI=1S/C17H26O3/c1-4-5-6-7-11-15(13-19-3)20-17(18)16-12-9-8-10-14(16)2/h8-10,12,15H,4-7,11,13H2,1-3H3. The normalized spacial score (nSPS) is 12.2. The van der Waals surface area contributed by atoms with Gasteiger partial charge in [0.15, 0.2) is 0 Å². The van der Waals surface area contributed by atoms with Gasteiger partial charge in [-0.05, 0) is 31.4 Å². The number of rotatable bonds is 9. The van der Waals surface area contributed by atoms with E-state index >= 15 is 0 Å². The molecule has 0 fully saturated rings. The molecule has 0 aliphatic heterocycles. The molecule has 0 bridgehead atoms. The van der Waals surface area contributed by atoms with Crippen LogP contribution in [0.15, 0.2) is 24.3 Å². The number of methoxy groups -OCH3 is 1. The molecule has 0 spiro atoms. The molecule has 112 valence electrons. The van der Waals surface area contributed by atoms with E-state index in [0.29, 0.717) is 12.2 Å². The predicted molar refractivity (Wildman–Crippen MR) is 81.0 cm³/mol. The first-order chi connectivity index (χ1) is 9.69. The summed E-state index contributed by atoms with van der Waals surface area (Å²) in [5.41, 5.74) is 1.59. The van der Waals surface area contributed by atoms with Gasteiger partial charge < -0.3 is 9.47 Å². The summed E-state index contributed by atoms with van der Waals surface area (Å²) in [5, 5.41) is 0. The van der Waals surface area contributed by atoms with E-state index < -0.39 is 0 Å². The summed E-state index contributed by atoms with van der Waals surface area (Å²) >= 11 is 0. The van der Waals surface area contributed by atoms with Crippen LogP contribution in [0.4, 0.5) is 0 Å². The van der Waals surface area contributed by atoms with Crippen LogP contribution < -0.4 is 0 Å². The quantitative estimate of drug-likeness (QED) is 0.503. The third kappa shape index (κ3) is 5.74. The first-order valence-electron chi connectivity index (χ1n) is 7.44. The highest BCUT2D eigenvalue weighted by Crippen LogP contribution is 2.14. The van der Waals surface area contributed by atoms with Gasteiger partial charge in [-0.25, -0.2) is 4.79 Å². The van der Waals surface area contributed by atoms with Crippen LogP contribution in [0, 0.1) is 6.92 Å². The Morgan fingerprint density at radius 1 is 1.20 bits per heavy atom. The van der Waals surface area contributed by atoms with Crippen LogP contribution in [0.3, 0.4) is 0 Å². The minimum absolute atomic E-state index is 0.149. The highest BCUT2D eigenvalue weighted by molar-refractivity contribution is 5.91. The Morgan fingerprint density at radius 2 is 1.95 bits per heavy atom. The second-order valence-electron chi connectivity index (χ2n) is 5.15. The third-order valence-corrected chi connectivity index (χ3v) is 3.37. The fraction of sp³-hybridized carbons (Fsp3) is 0.588. The largest absolute Gasteiger partial charge is 0.456 e. The van der Waals surface area contributed by atoms with Gasteiger partial charge in [0.2, 0.25) is 0 Å². The smallest absolute Gasteiger partial charge is 0.338 e. The van der Waals surface area contributed by atoms with Crippen molar-refractivity contribution in [1.29, 1.82) is 0 Å². The lowest BCUT2D eigenvalue weighted by molar-refractivity contribution is 0.00231. The van der Waals surface area contributed by atoms with Gasteiger partial charge in [-0.3, -0.25) is 0 Å². The van der Waals surface area contributed by atoms with Crippen molar-refractivity contribution in [3.05, 3.63) is 35.4 Å². The first kappa shape index (κ1) is 16.7. The van der Waals surface area contributed by atoms with Gasteiger partial charge in [-0.15, -0.1) is 0 Å². The van der Waals surface area contributed by atoms with Crippen LogP contribution in [0.25, 0.3) is 0 Å². The van der Waals surface area contributed by atoms with Crippen LogP contribution in [-0.2, 0) is 9.47 Å². The lowest BCUT2D eigenvalue weighted by Crippen LogP contribution is -2.23. The van der Waals surface area contributed by atoms with Gasteiger partial charge in [0.1, 0.15) is 6.10 Å². The van der Waals surface area contributed by atoms with Crippen molar-refractivity contribution < 1.29 is 14.3 Å². The highest BCUT2D eigenvalue weighted by atomic mass is 16.6. The van der Waals surface area contributed by atoms with E-state index in [1.807, 2.05) is 25.1 Å². The molecule has 0 aliphatic rings. The fourth-order valence-corrected chi connectivity index (χ4v) is 2.18. The van der Waals surface area contributed by atoms with Crippen molar-refractivity contribution in [1.82, 2.24) is 0 Å². The molecule has 20 heavy (non-hydrogen) atoms. The Kier molecular flexibility index (Phi) is 7.97. The number of carbonyl (C=O) groups excluding carboxylic acids is 1. The van der Waals surface area contributed by atoms with E-state index in [-0.39, 0.29) is 12.1 Å². The number of esters is 1. The van der Waals surface area contributed by atoms with E-state index in [9.17, 15) is 4.79 Å². The zero-order valence-electron chi connectivity index (χ0n) is 12.9. The van der Waals surface area contributed by atoms with Crippen LogP contribution in [0.5, 0.6) is 0 Å². The molecule has 0 saturated heterocycles. The lowest BCUT2D eigenvalue weighted by atomic mass is 10.1. The zero-order chi connectivity index (χ0) is 14.8. The third-order valence-electron chi connectivity index (χ3n) is 3.37. The van der Waals surface area contributed by atoms with Gasteiger partial charge in [0.25, 0.3) is 0 Å². The van der Waals surface area contributed by atoms with Crippen molar-refractivity contribution in [3.8, 4) is 0 Å². The average molecular weight is 278 g/mol. The van der Waals surface area contributed by atoms with Crippen LogP contribution in [0.2, 0.25) is 0 Å². The summed E-state index contributed by atoms with van der Waals surface area (Å²) in [6.45, 7) is 4.57. The van der Waals surface area contributed by atoms with Crippen molar-refractivity contribution in [3.63, 3.8) is 0 Å². The van der Waals surface area contributed by atoms with E-state index in [0.717, 1.165) is 18.4 Å². The van der Waals surface area contributed by atoms with E-state index in [4.69, 9.17) is 9.47 Å². The Bertz CT molecular complexity index is 401. The van der Waals surface area contributed by atoms with E-state index in [2.05, 4.69) is 6.92 Å². The number of unbranched alkanes of at least 4 members (excludes halogenated alkanes) is 3. The number of carbonyl (C=O) groups is 1. The lowest BCUT2D eigenvalue weighted by Gasteiger charge is -2.17. The number of ether oxygens (including phenoxy) is 2. The Hall–Kier alpha value is -1.35. The van der Waals surface area contributed by atoms with Gasteiger partial charge in [-0.2, -0.15) is 0 Å². The molecular weight excluding hydrogens is 252 g/mol. The molecule has 0 saturated carbocycles. The van der Waals surface area contributed by atoms with Crippen LogP contribution >= 0.6 is 0 Å². The van der Waals surface area contributed by atoms with Gasteiger partial charge in [-0.1, -0.05) is 44.4 Å². The van der Waals surface area contributed by atoms with Crippen LogP contribution in [-0.4, -0.2) is 25.8 Å². The molecule has 0 aliphatic carbocycles. The molecule has 0 radical (unpaired) electrons. The Morgan fingerprint density at radius 3 is 2.60 bits per heavy atom. The Labute approximate surface area is 122 Å². The second kappa shape index (κ2) is 9.54. The molecule has 1 atom stereocenters. The Balaban J connectivity index is 2.52. The maximum absolute atomic E-state index is 12.2. The molecule has 0 amide bonds. The van der Waals surface area contributed by atoms with E-state index in [1.54, 1.807) is 13.2 Å². The topological polar surface area (TPSA) is 35.5 Å². The second-order valence-corrected chi connectivity index (χ2v) is 5.15. The van der Waals surface area contributed by atoms with Gasteiger partial charge in [0.05, 0.1) is 12.2 Å². The summed E-state index contributed by atoms with van der Waals surface area (Å²) < 4.78 is 10.7. The van der Waals surface area contributed by atoms with Gasteiger partial charge in [0, 0.05) is 7.11 Å². The maximum atomic E-state index is 12.2. The minimum atomic E-state index is -0.249. The van der Waals surface area contributed by atoms with Gasteiger partial charge >= 0.3 is 5.97 Å². The molecule has 0 N–H and O–H groups in total. The summed E-state index contributed by atoms with van der Waals surface area (Å²) in [4.78, 5) is 12.2. The predicted octanol–water partition coefficient (Wildman–Crippen LogP) is 4.14. The first-order valence-corrected chi connectivity index (χ1v) is 7.44. The number of benzene rings is 1. The number of hydrogen-bond donors (Lipinski definition) is 0. The van der Waals surface area contributed by atoms with Crippen LogP contribution in [0.1, 0.15) is 54.9 Å². The molecule has 1 aromatic rings. The summed E-state index contributed by atoms with van der Waals surface area (Å²) in [6.07, 6.45) is 5.40. The monoisotopic (exact) mass is 278 g/mol. The van der Waals surface area contributed by atoms with Crippen molar-refractivity contribution in [2.45, 2.75) is 52.1 Å².